The van der Waals surface area contributed by atoms with Crippen molar-refractivity contribution >= 4 is 21.8 Å². The van der Waals surface area contributed by atoms with Gasteiger partial charge >= 0.3 is 0 Å². The zero-order valence-corrected chi connectivity index (χ0v) is 11.5. The number of carbonyl (C=O) groups excluding carboxylic acids is 1. The van der Waals surface area contributed by atoms with Gasteiger partial charge in [-0.1, -0.05) is 0 Å². The molecule has 0 saturated carbocycles. The van der Waals surface area contributed by atoms with Crippen LogP contribution >= 0.6 is 15.9 Å². The van der Waals surface area contributed by atoms with Crippen molar-refractivity contribution < 1.29 is 4.79 Å². The third-order valence-corrected chi connectivity index (χ3v) is 3.17. The lowest BCUT2D eigenvalue weighted by Gasteiger charge is -2.06. The number of nitrogens with zero attached hydrogens (tertiary/aromatic N) is 3. The highest BCUT2D eigenvalue weighted by atomic mass is 79.9. The summed E-state index contributed by atoms with van der Waals surface area (Å²) in [5.74, 6) is 0.757. The second kappa shape index (κ2) is 5.77. The molecule has 0 radical (unpaired) electrons. The predicted molar refractivity (Wildman–Crippen MR) is 71.2 cm³/mol. The van der Waals surface area contributed by atoms with Gasteiger partial charge in [-0.3, -0.25) is 4.79 Å². The van der Waals surface area contributed by atoms with E-state index in [1.807, 2.05) is 17.8 Å². The Bertz CT molecular complexity index is 553. The Morgan fingerprint density at radius 3 is 2.94 bits per heavy atom. The molecule has 0 aromatic carbocycles. The first-order chi connectivity index (χ1) is 8.68. The lowest BCUT2D eigenvalue weighted by atomic mass is 10.3. The van der Waals surface area contributed by atoms with Crippen LogP contribution in [0.25, 0.3) is 0 Å². The third-order valence-electron chi connectivity index (χ3n) is 2.53. The van der Waals surface area contributed by atoms with E-state index in [0.29, 0.717) is 23.1 Å². The van der Waals surface area contributed by atoms with Crippen LogP contribution in [0.1, 0.15) is 16.3 Å². The SMILES string of the molecule is Cn1ccnc1CCNC(=O)c1ncccc1Br. The van der Waals surface area contributed by atoms with Crippen LogP contribution in [0.2, 0.25) is 0 Å². The van der Waals surface area contributed by atoms with Gasteiger partial charge in [0.2, 0.25) is 0 Å². The number of hydrogen-bond donors (Lipinski definition) is 1. The molecule has 2 aromatic rings. The number of amides is 1. The first kappa shape index (κ1) is 12.8. The monoisotopic (exact) mass is 308 g/mol. The van der Waals surface area contributed by atoms with E-state index in [0.717, 1.165) is 5.82 Å². The fourth-order valence-corrected chi connectivity index (χ4v) is 2.00. The Morgan fingerprint density at radius 1 is 1.44 bits per heavy atom. The lowest BCUT2D eigenvalue weighted by Crippen LogP contribution is -2.27. The van der Waals surface area contributed by atoms with E-state index in [1.54, 1.807) is 24.5 Å². The molecule has 1 amide bonds. The maximum Gasteiger partial charge on any atom is 0.271 e. The van der Waals surface area contributed by atoms with Crippen molar-refractivity contribution in [3.63, 3.8) is 0 Å². The minimum atomic E-state index is -0.184. The van der Waals surface area contributed by atoms with Gasteiger partial charge in [-0.25, -0.2) is 9.97 Å². The lowest BCUT2D eigenvalue weighted by molar-refractivity contribution is 0.0948. The summed E-state index contributed by atoms with van der Waals surface area (Å²) in [6, 6.07) is 3.56. The summed E-state index contributed by atoms with van der Waals surface area (Å²) >= 11 is 3.30. The minimum absolute atomic E-state index is 0.184. The molecule has 0 aliphatic heterocycles. The van der Waals surface area contributed by atoms with Crippen LogP contribution in [0.4, 0.5) is 0 Å². The van der Waals surface area contributed by atoms with E-state index >= 15 is 0 Å². The van der Waals surface area contributed by atoms with Crippen LogP contribution in [0.15, 0.2) is 35.2 Å². The van der Waals surface area contributed by atoms with Gasteiger partial charge in [0.15, 0.2) is 0 Å². The van der Waals surface area contributed by atoms with Gasteiger partial charge in [0.05, 0.1) is 0 Å². The summed E-state index contributed by atoms with van der Waals surface area (Å²) < 4.78 is 2.63. The molecule has 5 nitrogen and oxygen atoms in total. The van der Waals surface area contributed by atoms with Crippen LogP contribution in [0, 0.1) is 0 Å². The minimum Gasteiger partial charge on any atom is -0.350 e. The van der Waals surface area contributed by atoms with Crippen molar-refractivity contribution in [3.8, 4) is 0 Å². The molecule has 0 atom stereocenters. The van der Waals surface area contributed by atoms with E-state index < -0.39 is 0 Å². The van der Waals surface area contributed by atoms with E-state index in [2.05, 4.69) is 31.2 Å². The number of pyridine rings is 1. The highest BCUT2D eigenvalue weighted by Crippen LogP contribution is 2.12. The smallest absolute Gasteiger partial charge is 0.271 e. The highest BCUT2D eigenvalue weighted by molar-refractivity contribution is 9.10. The molecule has 0 saturated heterocycles. The Kier molecular flexibility index (Phi) is 4.09. The third kappa shape index (κ3) is 2.95. The fraction of sp³-hybridized carbons (Fsp3) is 0.250. The first-order valence-corrected chi connectivity index (χ1v) is 6.32. The Hall–Kier alpha value is -1.69. The highest BCUT2D eigenvalue weighted by Gasteiger charge is 2.10. The number of hydrogen-bond acceptors (Lipinski definition) is 3. The summed E-state index contributed by atoms with van der Waals surface area (Å²) in [5, 5.41) is 2.82. The zero-order valence-electron chi connectivity index (χ0n) is 9.93. The Labute approximate surface area is 113 Å². The number of aryl methyl sites for hydroxylation is 1. The van der Waals surface area contributed by atoms with Gasteiger partial charge in [-0.05, 0) is 28.1 Å². The molecule has 6 heteroatoms. The Balaban J connectivity index is 1.90. The topological polar surface area (TPSA) is 59.8 Å². The molecule has 18 heavy (non-hydrogen) atoms. The summed E-state index contributed by atoms with van der Waals surface area (Å²) in [7, 11) is 1.93. The van der Waals surface area contributed by atoms with Crippen molar-refractivity contribution in [2.75, 3.05) is 6.54 Å². The van der Waals surface area contributed by atoms with E-state index in [9.17, 15) is 4.79 Å². The van der Waals surface area contributed by atoms with Gasteiger partial charge < -0.3 is 9.88 Å². The summed E-state index contributed by atoms with van der Waals surface area (Å²) in [5.41, 5.74) is 0.400. The molecule has 0 aliphatic rings. The maximum atomic E-state index is 11.8. The van der Waals surface area contributed by atoms with Crippen LogP contribution in [-0.4, -0.2) is 27.0 Å². The average Bonchev–Trinajstić information content (AvgIpc) is 2.75. The second-order valence-electron chi connectivity index (χ2n) is 3.79. The molecule has 0 bridgehead atoms. The van der Waals surface area contributed by atoms with E-state index in [-0.39, 0.29) is 5.91 Å². The standard InChI is InChI=1S/C12H13BrN4O/c1-17-8-7-14-10(17)4-6-16-12(18)11-9(13)3-2-5-15-11/h2-3,5,7-8H,4,6H2,1H3,(H,16,18). The normalized spacial score (nSPS) is 10.3. The van der Waals surface area contributed by atoms with E-state index in [1.165, 1.54) is 0 Å². The second-order valence-corrected chi connectivity index (χ2v) is 4.65. The van der Waals surface area contributed by atoms with Crippen molar-refractivity contribution in [1.82, 2.24) is 19.9 Å². The van der Waals surface area contributed by atoms with Crippen molar-refractivity contribution in [3.05, 3.63) is 46.7 Å². The first-order valence-electron chi connectivity index (χ1n) is 5.53. The van der Waals surface area contributed by atoms with E-state index in [4.69, 9.17) is 0 Å². The molecule has 1 N–H and O–H groups in total. The largest absolute Gasteiger partial charge is 0.350 e. The number of rotatable bonds is 4. The average molecular weight is 309 g/mol. The summed E-state index contributed by atoms with van der Waals surface area (Å²) in [6.45, 7) is 0.534. The van der Waals surface area contributed by atoms with Crippen LogP contribution in [-0.2, 0) is 13.5 Å². The van der Waals surface area contributed by atoms with Gasteiger partial charge in [0.25, 0.3) is 5.91 Å². The molecule has 0 aliphatic carbocycles. The summed E-state index contributed by atoms with van der Waals surface area (Å²) in [4.78, 5) is 20.1. The quantitative estimate of drug-likeness (QED) is 0.932. The van der Waals surface area contributed by atoms with Crippen LogP contribution in [0.5, 0.6) is 0 Å². The van der Waals surface area contributed by atoms with Crippen molar-refractivity contribution in [2.24, 2.45) is 7.05 Å². The predicted octanol–water partition coefficient (Wildman–Crippen LogP) is 1.55. The molecular formula is C12H13BrN4O. The number of carbonyl (C=O) groups is 1. The van der Waals surface area contributed by atoms with Crippen LogP contribution < -0.4 is 5.32 Å². The number of aromatic nitrogens is 3. The molecule has 94 valence electrons. The fourth-order valence-electron chi connectivity index (χ4n) is 1.56. The number of nitrogens with one attached hydrogen (secondary N) is 1. The molecule has 0 spiro atoms. The van der Waals surface area contributed by atoms with Crippen molar-refractivity contribution in [1.29, 1.82) is 0 Å². The van der Waals surface area contributed by atoms with Gasteiger partial charge in [-0.2, -0.15) is 0 Å². The zero-order chi connectivity index (χ0) is 13.0. The Morgan fingerprint density at radius 2 is 2.28 bits per heavy atom. The molecule has 0 fully saturated rings. The molecule has 2 heterocycles. The number of imidazole rings is 1. The number of halogens is 1. The maximum absolute atomic E-state index is 11.8. The van der Waals surface area contributed by atoms with Gasteiger partial charge in [-0.15, -0.1) is 0 Å². The molecule has 2 aromatic heterocycles. The van der Waals surface area contributed by atoms with Gasteiger partial charge in [0.1, 0.15) is 11.5 Å². The summed E-state index contributed by atoms with van der Waals surface area (Å²) in [6.07, 6.45) is 5.91. The molecule has 0 unspecified atom stereocenters. The van der Waals surface area contributed by atoms with Crippen molar-refractivity contribution in [2.45, 2.75) is 6.42 Å². The molecular weight excluding hydrogens is 296 g/mol. The molecule has 2 rings (SSSR count). The van der Waals surface area contributed by atoms with Gasteiger partial charge in [0, 0.05) is 43.1 Å². The van der Waals surface area contributed by atoms with Crippen LogP contribution in [0.3, 0.4) is 0 Å².